The van der Waals surface area contributed by atoms with Crippen molar-refractivity contribution in [2.24, 2.45) is 5.92 Å². The molecule has 0 saturated heterocycles. The Kier molecular flexibility index (Phi) is 3.74. The number of rotatable bonds is 6. The second-order valence-electron chi connectivity index (χ2n) is 4.70. The number of pyridine rings is 1. The first-order valence-corrected chi connectivity index (χ1v) is 6.03. The number of hydrogen-bond donors (Lipinski definition) is 1. The summed E-state index contributed by atoms with van der Waals surface area (Å²) >= 11 is 0. The van der Waals surface area contributed by atoms with Crippen LogP contribution in [0.4, 0.5) is 0 Å². The number of aliphatic carboxylic acids is 1. The molecule has 1 heterocycles. The summed E-state index contributed by atoms with van der Waals surface area (Å²) < 4.78 is 0. The molecule has 4 heteroatoms. The summed E-state index contributed by atoms with van der Waals surface area (Å²) in [4.78, 5) is 17.2. The molecule has 0 aromatic carbocycles. The lowest BCUT2D eigenvalue weighted by molar-refractivity contribution is -0.139. The Balaban J connectivity index is 2.05. The number of carboxylic acids is 1. The van der Waals surface area contributed by atoms with E-state index in [0.29, 0.717) is 5.92 Å². The molecule has 0 amide bonds. The summed E-state index contributed by atoms with van der Waals surface area (Å²) in [5.74, 6) is -0.0889. The minimum absolute atomic E-state index is 0.0629. The minimum atomic E-state index is -0.770. The molecule has 0 radical (unpaired) electrons. The Hall–Kier alpha value is -1.42. The number of carboxylic acid groups (broad SMARTS) is 1. The van der Waals surface area contributed by atoms with Gasteiger partial charge in [0.2, 0.25) is 0 Å². The SMILES string of the molecule is CC(c1ccccn1)N(CC(=O)O)CC1CC1. The van der Waals surface area contributed by atoms with Gasteiger partial charge in [-0.15, -0.1) is 0 Å². The summed E-state index contributed by atoms with van der Waals surface area (Å²) in [5, 5.41) is 8.95. The van der Waals surface area contributed by atoms with Gasteiger partial charge in [-0.1, -0.05) is 6.07 Å². The summed E-state index contributed by atoms with van der Waals surface area (Å²) in [5.41, 5.74) is 0.939. The highest BCUT2D eigenvalue weighted by atomic mass is 16.4. The van der Waals surface area contributed by atoms with Crippen LogP contribution in [0.15, 0.2) is 24.4 Å². The molecule has 1 saturated carbocycles. The molecule has 1 atom stereocenters. The summed E-state index contributed by atoms with van der Waals surface area (Å²) in [6.45, 7) is 2.98. The van der Waals surface area contributed by atoms with E-state index in [9.17, 15) is 4.79 Å². The Morgan fingerprint density at radius 1 is 1.59 bits per heavy atom. The quantitative estimate of drug-likeness (QED) is 0.817. The van der Waals surface area contributed by atoms with Crippen molar-refractivity contribution in [3.05, 3.63) is 30.1 Å². The largest absolute Gasteiger partial charge is 0.480 e. The van der Waals surface area contributed by atoms with Gasteiger partial charge in [-0.2, -0.15) is 0 Å². The topological polar surface area (TPSA) is 53.4 Å². The smallest absolute Gasteiger partial charge is 0.317 e. The Labute approximate surface area is 101 Å². The fourth-order valence-electron chi connectivity index (χ4n) is 1.98. The Morgan fingerprint density at radius 2 is 2.35 bits per heavy atom. The molecule has 0 bridgehead atoms. The maximum atomic E-state index is 10.9. The van der Waals surface area contributed by atoms with Crippen LogP contribution in [-0.2, 0) is 4.79 Å². The van der Waals surface area contributed by atoms with E-state index in [1.807, 2.05) is 30.0 Å². The molecule has 1 aromatic heterocycles. The van der Waals surface area contributed by atoms with Crippen LogP contribution in [0.2, 0.25) is 0 Å². The van der Waals surface area contributed by atoms with Crippen LogP contribution in [0.3, 0.4) is 0 Å². The first-order chi connectivity index (χ1) is 8.16. The van der Waals surface area contributed by atoms with E-state index in [-0.39, 0.29) is 12.6 Å². The first-order valence-electron chi connectivity index (χ1n) is 6.03. The van der Waals surface area contributed by atoms with Gasteiger partial charge in [-0.25, -0.2) is 0 Å². The average molecular weight is 234 g/mol. The van der Waals surface area contributed by atoms with Crippen molar-refractivity contribution >= 4 is 5.97 Å². The van der Waals surface area contributed by atoms with Crippen LogP contribution in [0.1, 0.15) is 31.5 Å². The maximum Gasteiger partial charge on any atom is 0.317 e. The van der Waals surface area contributed by atoms with Crippen molar-refractivity contribution in [2.45, 2.75) is 25.8 Å². The normalized spacial score (nSPS) is 17.1. The Morgan fingerprint density at radius 3 is 2.88 bits per heavy atom. The van der Waals surface area contributed by atoms with Gasteiger partial charge in [-0.3, -0.25) is 14.7 Å². The standard InChI is InChI=1S/C13H18N2O2/c1-10(12-4-2-3-7-14-12)15(9-13(16)17)8-11-5-6-11/h2-4,7,10-11H,5-6,8-9H2,1H3,(H,16,17). The van der Waals surface area contributed by atoms with Crippen LogP contribution in [-0.4, -0.2) is 34.0 Å². The zero-order valence-corrected chi connectivity index (χ0v) is 10.0. The summed E-state index contributed by atoms with van der Waals surface area (Å²) in [6.07, 6.45) is 4.21. The molecule has 17 heavy (non-hydrogen) atoms. The lowest BCUT2D eigenvalue weighted by atomic mass is 10.1. The van der Waals surface area contributed by atoms with Crippen LogP contribution in [0, 0.1) is 5.92 Å². The molecule has 4 nitrogen and oxygen atoms in total. The van der Waals surface area contributed by atoms with Crippen LogP contribution in [0.25, 0.3) is 0 Å². The van der Waals surface area contributed by atoms with Gasteiger partial charge in [0.05, 0.1) is 12.2 Å². The van der Waals surface area contributed by atoms with Gasteiger partial charge in [0.1, 0.15) is 0 Å². The van der Waals surface area contributed by atoms with E-state index in [0.717, 1.165) is 12.2 Å². The third-order valence-electron chi connectivity index (χ3n) is 3.19. The van der Waals surface area contributed by atoms with Crippen molar-refractivity contribution in [2.75, 3.05) is 13.1 Å². The lowest BCUT2D eigenvalue weighted by Crippen LogP contribution is -2.34. The second kappa shape index (κ2) is 5.27. The highest BCUT2D eigenvalue weighted by Gasteiger charge is 2.28. The molecule has 1 fully saturated rings. The van der Waals surface area contributed by atoms with Gasteiger partial charge < -0.3 is 5.11 Å². The monoisotopic (exact) mass is 234 g/mol. The third-order valence-corrected chi connectivity index (χ3v) is 3.19. The average Bonchev–Trinajstić information content (AvgIpc) is 3.12. The molecule has 1 aliphatic carbocycles. The summed E-state index contributed by atoms with van der Waals surface area (Å²) in [6, 6.07) is 5.83. The number of nitrogens with zero attached hydrogens (tertiary/aromatic N) is 2. The molecule has 92 valence electrons. The van der Waals surface area contributed by atoms with Crippen LogP contribution < -0.4 is 0 Å². The zero-order chi connectivity index (χ0) is 12.3. The van der Waals surface area contributed by atoms with Crippen LogP contribution >= 0.6 is 0 Å². The molecule has 1 aliphatic rings. The van der Waals surface area contributed by atoms with E-state index in [4.69, 9.17) is 5.11 Å². The summed E-state index contributed by atoms with van der Waals surface area (Å²) in [7, 11) is 0. The van der Waals surface area contributed by atoms with Crippen molar-refractivity contribution in [1.29, 1.82) is 0 Å². The van der Waals surface area contributed by atoms with Gasteiger partial charge in [0, 0.05) is 18.8 Å². The minimum Gasteiger partial charge on any atom is -0.480 e. The van der Waals surface area contributed by atoms with Crippen molar-refractivity contribution in [3.63, 3.8) is 0 Å². The second-order valence-corrected chi connectivity index (χ2v) is 4.70. The highest BCUT2D eigenvalue weighted by Crippen LogP contribution is 2.32. The number of hydrogen-bond acceptors (Lipinski definition) is 3. The van der Waals surface area contributed by atoms with Crippen molar-refractivity contribution in [1.82, 2.24) is 9.88 Å². The van der Waals surface area contributed by atoms with E-state index in [1.165, 1.54) is 12.8 Å². The molecular weight excluding hydrogens is 216 g/mol. The fourth-order valence-corrected chi connectivity index (χ4v) is 1.98. The molecular formula is C13H18N2O2. The number of aromatic nitrogens is 1. The molecule has 2 rings (SSSR count). The molecule has 0 aliphatic heterocycles. The van der Waals surface area contributed by atoms with Gasteiger partial charge >= 0.3 is 5.97 Å². The molecule has 1 aromatic rings. The molecule has 1 N–H and O–H groups in total. The fraction of sp³-hybridized carbons (Fsp3) is 0.538. The van der Waals surface area contributed by atoms with Gasteiger partial charge in [-0.05, 0) is 37.8 Å². The van der Waals surface area contributed by atoms with Crippen LogP contribution in [0.5, 0.6) is 0 Å². The molecule has 1 unspecified atom stereocenters. The predicted molar refractivity (Wildman–Crippen MR) is 64.6 cm³/mol. The molecule has 0 spiro atoms. The lowest BCUT2D eigenvalue weighted by Gasteiger charge is -2.27. The van der Waals surface area contributed by atoms with E-state index < -0.39 is 5.97 Å². The maximum absolute atomic E-state index is 10.9. The Bertz CT molecular complexity index is 376. The number of carbonyl (C=O) groups is 1. The zero-order valence-electron chi connectivity index (χ0n) is 10.0. The van der Waals surface area contributed by atoms with Crippen molar-refractivity contribution < 1.29 is 9.90 Å². The predicted octanol–water partition coefficient (Wildman–Crippen LogP) is 1.94. The highest BCUT2D eigenvalue weighted by molar-refractivity contribution is 5.69. The van der Waals surface area contributed by atoms with Gasteiger partial charge in [0.15, 0.2) is 0 Å². The van der Waals surface area contributed by atoms with Crippen molar-refractivity contribution in [3.8, 4) is 0 Å². The van der Waals surface area contributed by atoms with E-state index in [1.54, 1.807) is 6.20 Å². The van der Waals surface area contributed by atoms with E-state index in [2.05, 4.69) is 4.98 Å². The third kappa shape index (κ3) is 3.53. The van der Waals surface area contributed by atoms with Gasteiger partial charge in [0.25, 0.3) is 0 Å². The van der Waals surface area contributed by atoms with E-state index >= 15 is 0 Å². The first kappa shape index (κ1) is 12.0.